The minimum atomic E-state index is -0.360. The second-order valence-electron chi connectivity index (χ2n) is 8.19. The predicted molar refractivity (Wildman–Crippen MR) is 109 cm³/mol. The standard InChI is InChI=1S/C22H21FN6O2/c23-15-9-14(10-17(11-15)30-16-3-1-2-4-16)19-18(12-25-27-19)20-24-7-8-29(20)22-26-21(31-28-22)13-5-6-13/h7-13,16H,1-6H2,(H,25,27). The van der Waals surface area contributed by atoms with Gasteiger partial charge in [0.25, 0.3) is 5.95 Å². The van der Waals surface area contributed by atoms with Crippen molar-refractivity contribution in [3.05, 3.63) is 48.5 Å². The van der Waals surface area contributed by atoms with Gasteiger partial charge in [0.1, 0.15) is 11.6 Å². The molecule has 1 N–H and O–H groups in total. The highest BCUT2D eigenvalue weighted by Gasteiger charge is 2.30. The van der Waals surface area contributed by atoms with Gasteiger partial charge in [0, 0.05) is 29.9 Å². The smallest absolute Gasteiger partial charge is 0.275 e. The first-order valence-electron chi connectivity index (χ1n) is 10.6. The van der Waals surface area contributed by atoms with E-state index in [0.29, 0.717) is 46.2 Å². The van der Waals surface area contributed by atoms with Crippen molar-refractivity contribution >= 4 is 0 Å². The summed E-state index contributed by atoms with van der Waals surface area (Å²) >= 11 is 0. The lowest BCUT2D eigenvalue weighted by molar-refractivity contribution is 0.209. The average Bonchev–Trinajstić information content (AvgIpc) is 3.27. The largest absolute Gasteiger partial charge is 0.490 e. The van der Waals surface area contributed by atoms with E-state index in [1.165, 1.54) is 12.1 Å². The number of nitrogens with zero attached hydrogens (tertiary/aromatic N) is 5. The monoisotopic (exact) mass is 420 g/mol. The number of H-pyrrole nitrogens is 1. The van der Waals surface area contributed by atoms with Crippen LogP contribution >= 0.6 is 0 Å². The number of nitrogens with one attached hydrogen (secondary N) is 1. The van der Waals surface area contributed by atoms with Crippen molar-refractivity contribution in [2.24, 2.45) is 0 Å². The number of benzene rings is 1. The number of aromatic nitrogens is 6. The van der Waals surface area contributed by atoms with E-state index in [-0.39, 0.29) is 11.9 Å². The predicted octanol–water partition coefficient (Wildman–Crippen LogP) is 4.65. The van der Waals surface area contributed by atoms with Gasteiger partial charge in [-0.15, -0.1) is 0 Å². The third kappa shape index (κ3) is 3.49. The molecule has 0 saturated heterocycles. The molecule has 0 amide bonds. The van der Waals surface area contributed by atoms with E-state index in [1.807, 2.05) is 6.07 Å². The summed E-state index contributed by atoms with van der Waals surface area (Å²) in [7, 11) is 0. The first kappa shape index (κ1) is 18.3. The lowest BCUT2D eigenvalue weighted by atomic mass is 10.1. The van der Waals surface area contributed by atoms with Crippen LogP contribution in [0.5, 0.6) is 5.75 Å². The molecule has 158 valence electrons. The van der Waals surface area contributed by atoms with Crippen LogP contribution in [0.15, 0.2) is 41.3 Å². The Morgan fingerprint density at radius 3 is 2.84 bits per heavy atom. The molecule has 0 radical (unpaired) electrons. The fourth-order valence-corrected chi connectivity index (χ4v) is 4.13. The fraction of sp³-hybridized carbons (Fsp3) is 0.364. The summed E-state index contributed by atoms with van der Waals surface area (Å²) in [5.74, 6) is 2.20. The lowest BCUT2D eigenvalue weighted by Crippen LogP contribution is -2.11. The zero-order chi connectivity index (χ0) is 20.8. The average molecular weight is 420 g/mol. The maximum atomic E-state index is 14.4. The molecule has 0 bridgehead atoms. The highest BCUT2D eigenvalue weighted by Crippen LogP contribution is 2.39. The Kier molecular flexibility index (Phi) is 4.33. The van der Waals surface area contributed by atoms with Crippen LogP contribution in [0.1, 0.15) is 50.3 Å². The van der Waals surface area contributed by atoms with E-state index < -0.39 is 0 Å². The number of ether oxygens (including phenoxy) is 1. The van der Waals surface area contributed by atoms with Gasteiger partial charge in [-0.3, -0.25) is 9.67 Å². The molecule has 2 aliphatic rings. The SMILES string of the molecule is Fc1cc(OC2CCCC2)cc(-c2[nH]ncc2-c2nccn2-c2noc(C3CC3)n2)c1. The third-order valence-electron chi connectivity index (χ3n) is 5.86. The summed E-state index contributed by atoms with van der Waals surface area (Å²) in [4.78, 5) is 8.98. The Balaban J connectivity index is 1.36. The first-order chi connectivity index (χ1) is 15.2. The number of imidazole rings is 1. The molecule has 2 fully saturated rings. The Bertz CT molecular complexity index is 1220. The van der Waals surface area contributed by atoms with Gasteiger partial charge in [-0.1, -0.05) is 0 Å². The molecule has 2 saturated carbocycles. The quantitative estimate of drug-likeness (QED) is 0.488. The summed E-state index contributed by atoms with van der Waals surface area (Å²) in [6.07, 6.45) is 11.7. The van der Waals surface area contributed by atoms with Crippen molar-refractivity contribution in [3.8, 4) is 34.3 Å². The van der Waals surface area contributed by atoms with Crippen molar-refractivity contribution in [1.29, 1.82) is 0 Å². The molecule has 8 nitrogen and oxygen atoms in total. The Hall–Kier alpha value is -3.49. The van der Waals surface area contributed by atoms with Gasteiger partial charge in [-0.2, -0.15) is 10.1 Å². The molecular weight excluding hydrogens is 399 g/mol. The van der Waals surface area contributed by atoms with Gasteiger partial charge in [-0.25, -0.2) is 9.37 Å². The molecular formula is C22H21FN6O2. The molecule has 1 aromatic carbocycles. The number of hydrogen-bond donors (Lipinski definition) is 1. The van der Waals surface area contributed by atoms with Gasteiger partial charge in [-0.05, 0) is 55.8 Å². The van der Waals surface area contributed by atoms with E-state index in [4.69, 9.17) is 9.26 Å². The Labute approximate surface area is 177 Å². The molecule has 2 aliphatic carbocycles. The van der Waals surface area contributed by atoms with Gasteiger partial charge in [0.15, 0.2) is 5.82 Å². The van der Waals surface area contributed by atoms with Crippen LogP contribution in [-0.4, -0.2) is 36.0 Å². The molecule has 31 heavy (non-hydrogen) atoms. The Morgan fingerprint density at radius 2 is 2.00 bits per heavy atom. The van der Waals surface area contributed by atoms with Crippen LogP contribution in [0, 0.1) is 5.82 Å². The van der Waals surface area contributed by atoms with Crippen LogP contribution in [0.3, 0.4) is 0 Å². The zero-order valence-electron chi connectivity index (χ0n) is 16.8. The molecule has 6 rings (SSSR count). The first-order valence-corrected chi connectivity index (χ1v) is 10.6. The molecule has 0 unspecified atom stereocenters. The van der Waals surface area contributed by atoms with Crippen molar-refractivity contribution in [1.82, 2.24) is 29.9 Å². The summed E-state index contributed by atoms with van der Waals surface area (Å²) in [6.45, 7) is 0. The molecule has 0 spiro atoms. The second-order valence-corrected chi connectivity index (χ2v) is 8.19. The van der Waals surface area contributed by atoms with Crippen LogP contribution in [0.2, 0.25) is 0 Å². The van der Waals surface area contributed by atoms with Crippen molar-refractivity contribution < 1.29 is 13.7 Å². The van der Waals surface area contributed by atoms with Crippen LogP contribution in [-0.2, 0) is 0 Å². The third-order valence-corrected chi connectivity index (χ3v) is 5.86. The van der Waals surface area contributed by atoms with Crippen molar-refractivity contribution in [2.75, 3.05) is 0 Å². The van der Waals surface area contributed by atoms with Crippen LogP contribution in [0.4, 0.5) is 4.39 Å². The van der Waals surface area contributed by atoms with E-state index in [9.17, 15) is 4.39 Å². The van der Waals surface area contributed by atoms with Crippen LogP contribution in [0.25, 0.3) is 28.6 Å². The highest BCUT2D eigenvalue weighted by molar-refractivity contribution is 5.78. The second kappa shape index (κ2) is 7.33. The van der Waals surface area contributed by atoms with Gasteiger partial charge >= 0.3 is 0 Å². The fourth-order valence-electron chi connectivity index (χ4n) is 4.13. The van der Waals surface area contributed by atoms with Gasteiger partial charge < -0.3 is 9.26 Å². The molecule has 3 heterocycles. The lowest BCUT2D eigenvalue weighted by Gasteiger charge is -2.14. The number of rotatable bonds is 6. The summed E-state index contributed by atoms with van der Waals surface area (Å²) in [5.41, 5.74) is 2.00. The number of hydrogen-bond acceptors (Lipinski definition) is 6. The van der Waals surface area contributed by atoms with E-state index in [1.54, 1.807) is 23.2 Å². The van der Waals surface area contributed by atoms with E-state index >= 15 is 0 Å². The molecule has 9 heteroatoms. The summed E-state index contributed by atoms with van der Waals surface area (Å²) < 4.78 is 27.6. The maximum absolute atomic E-state index is 14.4. The van der Waals surface area contributed by atoms with Crippen molar-refractivity contribution in [3.63, 3.8) is 0 Å². The normalized spacial score (nSPS) is 16.8. The van der Waals surface area contributed by atoms with Crippen molar-refractivity contribution in [2.45, 2.75) is 50.5 Å². The van der Waals surface area contributed by atoms with Gasteiger partial charge in [0.05, 0.1) is 23.6 Å². The molecule has 0 aliphatic heterocycles. The van der Waals surface area contributed by atoms with Gasteiger partial charge in [0.2, 0.25) is 5.89 Å². The minimum Gasteiger partial charge on any atom is -0.490 e. The summed E-state index contributed by atoms with van der Waals surface area (Å²) in [5, 5.41) is 11.3. The summed E-state index contributed by atoms with van der Waals surface area (Å²) in [6, 6.07) is 4.73. The topological polar surface area (TPSA) is 94.7 Å². The molecule has 4 aromatic rings. The molecule has 3 aromatic heterocycles. The Morgan fingerprint density at radius 1 is 1.13 bits per heavy atom. The highest BCUT2D eigenvalue weighted by atomic mass is 19.1. The number of aromatic amines is 1. The van der Waals surface area contributed by atoms with Crippen LogP contribution < -0.4 is 4.74 Å². The zero-order valence-corrected chi connectivity index (χ0v) is 16.8. The van der Waals surface area contributed by atoms with E-state index in [0.717, 1.165) is 38.5 Å². The number of halogens is 1. The molecule has 0 atom stereocenters. The minimum absolute atomic E-state index is 0.147. The van der Waals surface area contributed by atoms with E-state index in [2.05, 4.69) is 25.3 Å². The maximum Gasteiger partial charge on any atom is 0.275 e.